The molecule has 1 aromatic carbocycles. The van der Waals surface area contributed by atoms with E-state index in [1.54, 1.807) is 12.1 Å². The molecular weight excluding hydrogens is 432 g/mol. The van der Waals surface area contributed by atoms with Crippen molar-refractivity contribution in [1.82, 2.24) is 14.7 Å². The van der Waals surface area contributed by atoms with Crippen molar-refractivity contribution in [2.75, 3.05) is 39.2 Å². The van der Waals surface area contributed by atoms with Gasteiger partial charge in [-0.1, -0.05) is 51.2 Å². The van der Waals surface area contributed by atoms with Gasteiger partial charge in [-0.2, -0.15) is 0 Å². The Morgan fingerprint density at radius 2 is 1.76 bits per heavy atom. The molecule has 8 heteroatoms. The van der Waals surface area contributed by atoms with Crippen molar-refractivity contribution in [3.05, 3.63) is 52.3 Å². The highest BCUT2D eigenvalue weighted by Crippen LogP contribution is 2.13. The molecule has 0 fully saturated rings. The summed E-state index contributed by atoms with van der Waals surface area (Å²) in [6.07, 6.45) is 8.42. The van der Waals surface area contributed by atoms with Crippen molar-refractivity contribution in [1.29, 1.82) is 0 Å². The average Bonchev–Trinajstić information content (AvgIpc) is 2.80. The third-order valence-electron chi connectivity index (χ3n) is 5.33. The second-order valence-corrected chi connectivity index (χ2v) is 8.76. The third kappa shape index (κ3) is 11.3. The molecule has 34 heavy (non-hydrogen) atoms. The fraction of sp³-hybridized carbons (Fsp3) is 0.577. The molecule has 2 aromatic rings. The fourth-order valence-corrected chi connectivity index (χ4v) is 3.45. The number of carbonyl (C=O) groups excluding carboxylic acids is 1. The molecule has 1 heterocycles. The molecule has 0 atom stereocenters. The van der Waals surface area contributed by atoms with E-state index >= 15 is 0 Å². The number of hydrogen-bond donors (Lipinski definition) is 1. The lowest BCUT2D eigenvalue weighted by atomic mass is 10.1. The van der Waals surface area contributed by atoms with Crippen LogP contribution in [0, 0.1) is 0 Å². The van der Waals surface area contributed by atoms with Gasteiger partial charge in [-0.15, -0.1) is 5.10 Å². The second-order valence-electron chi connectivity index (χ2n) is 8.76. The lowest BCUT2D eigenvalue weighted by molar-refractivity contribution is 0.158. The summed E-state index contributed by atoms with van der Waals surface area (Å²) in [5.74, 6) is 0.445. The van der Waals surface area contributed by atoms with E-state index in [4.69, 9.17) is 9.47 Å². The first kappa shape index (κ1) is 27.4. The van der Waals surface area contributed by atoms with E-state index in [-0.39, 0.29) is 12.1 Å². The maximum Gasteiger partial charge on any atom is 0.411 e. The maximum absolute atomic E-state index is 12.3. The Morgan fingerprint density at radius 1 is 1.00 bits per heavy atom. The summed E-state index contributed by atoms with van der Waals surface area (Å²) in [6.45, 7) is 4.42. The van der Waals surface area contributed by atoms with Crippen molar-refractivity contribution in [3.8, 4) is 5.88 Å². The molecule has 0 radical (unpaired) electrons. The van der Waals surface area contributed by atoms with E-state index < -0.39 is 6.09 Å². The Balaban J connectivity index is 1.82. The van der Waals surface area contributed by atoms with Gasteiger partial charge in [-0.05, 0) is 57.6 Å². The fourth-order valence-electron chi connectivity index (χ4n) is 3.45. The minimum Gasteiger partial charge on any atom is -0.477 e. The Bertz CT molecular complexity index is 914. The van der Waals surface area contributed by atoms with Crippen LogP contribution >= 0.6 is 0 Å². The van der Waals surface area contributed by atoms with E-state index in [9.17, 15) is 9.59 Å². The van der Waals surface area contributed by atoms with Crippen LogP contribution in [0.25, 0.3) is 0 Å². The molecule has 0 unspecified atom stereocenters. The number of unbranched alkanes of at least 4 members (excludes halogenated alkanes) is 6. The summed E-state index contributed by atoms with van der Waals surface area (Å²) < 4.78 is 12.4. The van der Waals surface area contributed by atoms with Crippen molar-refractivity contribution in [2.45, 2.75) is 64.8 Å². The molecule has 188 valence electrons. The normalized spacial score (nSPS) is 10.9. The molecule has 0 aliphatic rings. The summed E-state index contributed by atoms with van der Waals surface area (Å²) >= 11 is 0. The molecule has 0 bridgehead atoms. The van der Waals surface area contributed by atoms with Crippen LogP contribution in [0.1, 0.15) is 63.9 Å². The molecule has 1 aromatic heterocycles. The zero-order valence-corrected chi connectivity index (χ0v) is 20.9. The average molecular weight is 473 g/mol. The number of nitrogens with zero attached hydrogens (tertiary/aromatic N) is 3. The van der Waals surface area contributed by atoms with Crippen LogP contribution < -0.4 is 15.6 Å². The van der Waals surface area contributed by atoms with Gasteiger partial charge in [0.1, 0.15) is 0 Å². The monoisotopic (exact) mass is 472 g/mol. The molecule has 1 N–H and O–H groups in total. The number of hydrogen-bond acceptors (Lipinski definition) is 6. The van der Waals surface area contributed by atoms with Crippen molar-refractivity contribution in [3.63, 3.8) is 0 Å². The number of amides is 1. The van der Waals surface area contributed by atoms with Gasteiger partial charge >= 0.3 is 6.09 Å². The predicted octanol–water partition coefficient (Wildman–Crippen LogP) is 4.92. The first-order valence-electron chi connectivity index (χ1n) is 12.4. The molecule has 0 saturated carbocycles. The molecular formula is C26H40N4O4. The van der Waals surface area contributed by atoms with Crippen molar-refractivity contribution >= 4 is 11.8 Å². The standard InChI is InChI=1S/C26H40N4O4/c1-4-5-6-7-8-10-18-33-24-15-16-25(31)30(28-24)21-22-13-12-14-23(20-22)27-26(32)34-19-11-9-17-29(2)3/h12-16,20H,4-11,17-19,21H2,1-3H3,(H,27,32). The SMILES string of the molecule is CCCCCCCCOc1ccc(=O)n(Cc2cccc(NC(=O)OCCCCN(C)C)c2)n1. The van der Waals surface area contributed by atoms with Gasteiger partial charge in [0.15, 0.2) is 0 Å². The zero-order chi connectivity index (χ0) is 24.6. The van der Waals surface area contributed by atoms with Crippen molar-refractivity contribution < 1.29 is 14.3 Å². The molecule has 2 rings (SSSR count). The Kier molecular flexibility index (Phi) is 12.8. The minimum atomic E-state index is -0.484. The molecule has 8 nitrogen and oxygen atoms in total. The first-order chi connectivity index (χ1) is 16.5. The maximum atomic E-state index is 12.3. The highest BCUT2D eigenvalue weighted by Gasteiger charge is 2.07. The van der Waals surface area contributed by atoms with Crippen molar-refractivity contribution in [2.24, 2.45) is 0 Å². The van der Waals surface area contributed by atoms with Crippen LogP contribution in [0.5, 0.6) is 5.88 Å². The predicted molar refractivity (Wildman–Crippen MR) is 136 cm³/mol. The third-order valence-corrected chi connectivity index (χ3v) is 5.33. The van der Waals surface area contributed by atoms with E-state index in [1.165, 1.54) is 36.4 Å². The van der Waals surface area contributed by atoms with Crippen LogP contribution in [-0.2, 0) is 11.3 Å². The Labute approximate surface area is 203 Å². The zero-order valence-electron chi connectivity index (χ0n) is 20.9. The van der Waals surface area contributed by atoms with E-state index in [0.717, 1.165) is 37.8 Å². The summed E-state index contributed by atoms with van der Waals surface area (Å²) in [5.41, 5.74) is 1.24. The highest BCUT2D eigenvalue weighted by atomic mass is 16.5. The summed E-state index contributed by atoms with van der Waals surface area (Å²) in [5, 5.41) is 7.08. The quantitative estimate of drug-likeness (QED) is 0.349. The van der Waals surface area contributed by atoms with E-state index in [1.807, 2.05) is 32.3 Å². The first-order valence-corrected chi connectivity index (χ1v) is 12.4. The van der Waals surface area contributed by atoms with Gasteiger partial charge < -0.3 is 14.4 Å². The van der Waals surface area contributed by atoms with Gasteiger partial charge in [-0.25, -0.2) is 9.48 Å². The molecule has 0 saturated heterocycles. The van der Waals surface area contributed by atoms with Crippen LogP contribution in [-0.4, -0.2) is 54.6 Å². The number of nitrogens with one attached hydrogen (secondary N) is 1. The number of anilines is 1. The van der Waals surface area contributed by atoms with Gasteiger partial charge in [0, 0.05) is 17.8 Å². The highest BCUT2D eigenvalue weighted by molar-refractivity contribution is 5.84. The van der Waals surface area contributed by atoms with E-state index in [0.29, 0.717) is 24.8 Å². The molecule has 0 aliphatic heterocycles. The number of carbonyl (C=O) groups is 1. The molecule has 1 amide bonds. The number of ether oxygens (including phenoxy) is 2. The number of rotatable bonds is 16. The van der Waals surface area contributed by atoms with Crippen LogP contribution in [0.4, 0.5) is 10.5 Å². The van der Waals surface area contributed by atoms with Gasteiger partial charge in [-0.3, -0.25) is 10.1 Å². The lowest BCUT2D eigenvalue weighted by Gasteiger charge is -2.11. The summed E-state index contributed by atoms with van der Waals surface area (Å²) in [4.78, 5) is 26.4. The number of benzene rings is 1. The molecule has 0 spiro atoms. The minimum absolute atomic E-state index is 0.206. The number of aromatic nitrogens is 2. The lowest BCUT2D eigenvalue weighted by Crippen LogP contribution is -2.23. The largest absolute Gasteiger partial charge is 0.477 e. The Hall–Kier alpha value is -2.87. The van der Waals surface area contributed by atoms with Crippen LogP contribution in [0.3, 0.4) is 0 Å². The topological polar surface area (TPSA) is 85.7 Å². The summed E-state index contributed by atoms with van der Waals surface area (Å²) in [7, 11) is 4.04. The smallest absolute Gasteiger partial charge is 0.411 e. The van der Waals surface area contributed by atoms with Gasteiger partial charge in [0.05, 0.1) is 19.8 Å². The molecule has 0 aliphatic carbocycles. The summed E-state index contributed by atoms with van der Waals surface area (Å²) in [6, 6.07) is 10.4. The van der Waals surface area contributed by atoms with Gasteiger partial charge in [0.2, 0.25) is 5.88 Å². The second kappa shape index (κ2) is 15.9. The van der Waals surface area contributed by atoms with Gasteiger partial charge in [0.25, 0.3) is 5.56 Å². The van der Waals surface area contributed by atoms with E-state index in [2.05, 4.69) is 22.2 Å². The Morgan fingerprint density at radius 3 is 2.56 bits per heavy atom. The van der Waals surface area contributed by atoms with Crippen LogP contribution in [0.15, 0.2) is 41.2 Å². The van der Waals surface area contributed by atoms with Crippen LogP contribution in [0.2, 0.25) is 0 Å².